The molecule has 1 spiro atoms. The Bertz CT molecular complexity index is 233. The molecule has 1 saturated carbocycles. The molecule has 0 N–H and O–H groups in total. The Kier molecular flexibility index (Phi) is 3.60. The summed E-state index contributed by atoms with van der Waals surface area (Å²) in [6.07, 6.45) is 4.53. The minimum Gasteiger partial charge on any atom is -0.298 e. The molecule has 0 radical (unpaired) electrons. The second-order valence-electron chi connectivity index (χ2n) is 5.92. The highest BCUT2D eigenvalue weighted by Gasteiger charge is 2.52. The van der Waals surface area contributed by atoms with Crippen LogP contribution in [0.5, 0.6) is 0 Å². The summed E-state index contributed by atoms with van der Waals surface area (Å²) in [6, 6.07) is 1.64. The smallest absolute Gasteiger partial charge is 0.0229 e. The van der Waals surface area contributed by atoms with Gasteiger partial charge in [-0.1, -0.05) is 13.8 Å². The van der Waals surface area contributed by atoms with Crippen LogP contribution in [-0.2, 0) is 0 Å². The second kappa shape index (κ2) is 4.66. The van der Waals surface area contributed by atoms with Gasteiger partial charge in [-0.3, -0.25) is 9.80 Å². The molecule has 1 aliphatic carbocycles. The Hall–Kier alpha value is -0.0800. The summed E-state index contributed by atoms with van der Waals surface area (Å²) < 4.78 is 0. The van der Waals surface area contributed by atoms with Gasteiger partial charge in [0.15, 0.2) is 0 Å². The van der Waals surface area contributed by atoms with Crippen molar-refractivity contribution in [2.75, 3.05) is 26.2 Å². The van der Waals surface area contributed by atoms with E-state index in [9.17, 15) is 0 Å². The molecule has 1 atom stereocenters. The maximum atomic E-state index is 2.76. The SMILES string of the molecule is CC.CC(C)N1CCN2CC3(CC3)CC2C1. The van der Waals surface area contributed by atoms with Crippen LogP contribution in [0.15, 0.2) is 0 Å². The molecule has 0 amide bonds. The third-order valence-electron chi connectivity index (χ3n) is 4.53. The fourth-order valence-electron chi connectivity index (χ4n) is 3.32. The highest BCUT2D eigenvalue weighted by molar-refractivity contribution is 5.06. The maximum Gasteiger partial charge on any atom is 0.0229 e. The van der Waals surface area contributed by atoms with Crippen LogP contribution < -0.4 is 0 Å². The lowest BCUT2D eigenvalue weighted by Crippen LogP contribution is -2.52. The minimum absolute atomic E-state index is 0.743. The highest BCUT2D eigenvalue weighted by atomic mass is 15.3. The fraction of sp³-hybridized carbons (Fsp3) is 1.00. The molecule has 2 saturated heterocycles. The van der Waals surface area contributed by atoms with Crippen LogP contribution in [0.4, 0.5) is 0 Å². The van der Waals surface area contributed by atoms with E-state index >= 15 is 0 Å². The monoisotopic (exact) mass is 224 g/mol. The lowest BCUT2D eigenvalue weighted by molar-refractivity contribution is 0.0824. The Labute approximate surface area is 101 Å². The zero-order valence-corrected chi connectivity index (χ0v) is 11.5. The summed E-state index contributed by atoms with van der Waals surface area (Å²) in [7, 11) is 0. The third kappa shape index (κ3) is 2.28. The molecule has 2 heterocycles. The van der Waals surface area contributed by atoms with Gasteiger partial charge in [0.2, 0.25) is 0 Å². The van der Waals surface area contributed by atoms with Gasteiger partial charge >= 0.3 is 0 Å². The molecule has 0 aromatic heterocycles. The van der Waals surface area contributed by atoms with Crippen molar-refractivity contribution in [2.24, 2.45) is 5.41 Å². The second-order valence-corrected chi connectivity index (χ2v) is 5.92. The zero-order valence-electron chi connectivity index (χ0n) is 11.5. The van der Waals surface area contributed by atoms with Gasteiger partial charge in [-0.05, 0) is 38.5 Å². The summed E-state index contributed by atoms with van der Waals surface area (Å²) in [6.45, 7) is 14.0. The molecule has 0 aromatic rings. The number of piperazine rings is 1. The molecule has 2 heteroatoms. The molecule has 94 valence electrons. The van der Waals surface area contributed by atoms with Gasteiger partial charge < -0.3 is 0 Å². The molecule has 3 fully saturated rings. The maximum absolute atomic E-state index is 2.76. The molecule has 3 aliphatic rings. The minimum atomic E-state index is 0.743. The van der Waals surface area contributed by atoms with E-state index in [1.165, 1.54) is 45.4 Å². The van der Waals surface area contributed by atoms with E-state index < -0.39 is 0 Å². The summed E-state index contributed by atoms with van der Waals surface area (Å²) in [5.74, 6) is 0. The third-order valence-corrected chi connectivity index (χ3v) is 4.53. The Morgan fingerprint density at radius 1 is 1.12 bits per heavy atom. The Balaban J connectivity index is 0.000000457. The van der Waals surface area contributed by atoms with Gasteiger partial charge in [-0.25, -0.2) is 0 Å². The molecule has 0 aromatic carbocycles. The molecule has 2 nitrogen and oxygen atoms in total. The van der Waals surface area contributed by atoms with Crippen molar-refractivity contribution in [2.45, 2.75) is 59.0 Å². The highest BCUT2D eigenvalue weighted by Crippen LogP contribution is 2.55. The van der Waals surface area contributed by atoms with Crippen LogP contribution >= 0.6 is 0 Å². The normalized spacial score (nSPS) is 32.4. The van der Waals surface area contributed by atoms with Crippen molar-refractivity contribution < 1.29 is 0 Å². The first-order valence-corrected chi connectivity index (χ1v) is 7.17. The van der Waals surface area contributed by atoms with E-state index in [0.717, 1.165) is 17.5 Å². The van der Waals surface area contributed by atoms with Gasteiger partial charge in [-0.15, -0.1) is 0 Å². The lowest BCUT2D eigenvalue weighted by atomic mass is 10.0. The van der Waals surface area contributed by atoms with Gasteiger partial charge in [0.25, 0.3) is 0 Å². The molecular formula is C14H28N2. The quantitative estimate of drug-likeness (QED) is 0.675. The van der Waals surface area contributed by atoms with Crippen LogP contribution in [0, 0.1) is 5.41 Å². The number of hydrogen-bond donors (Lipinski definition) is 0. The van der Waals surface area contributed by atoms with Crippen molar-refractivity contribution in [3.8, 4) is 0 Å². The van der Waals surface area contributed by atoms with Gasteiger partial charge in [0.05, 0.1) is 0 Å². The van der Waals surface area contributed by atoms with E-state index in [1.807, 2.05) is 13.8 Å². The number of rotatable bonds is 1. The van der Waals surface area contributed by atoms with Crippen molar-refractivity contribution in [3.63, 3.8) is 0 Å². The average Bonchev–Trinajstić information content (AvgIpc) is 2.93. The van der Waals surface area contributed by atoms with E-state index in [2.05, 4.69) is 23.6 Å². The molecule has 2 aliphatic heterocycles. The Morgan fingerprint density at radius 3 is 2.38 bits per heavy atom. The summed E-state index contributed by atoms with van der Waals surface area (Å²) in [4.78, 5) is 5.41. The standard InChI is InChI=1S/C12H22N2.C2H6/c1-10(2)13-5-6-14-9-12(3-4-12)7-11(14)8-13;1-2/h10-11H,3-9H2,1-2H3;1-2H3. The predicted molar refractivity (Wildman–Crippen MR) is 69.7 cm³/mol. The van der Waals surface area contributed by atoms with Crippen LogP contribution in [0.3, 0.4) is 0 Å². The molecule has 16 heavy (non-hydrogen) atoms. The Morgan fingerprint density at radius 2 is 1.81 bits per heavy atom. The van der Waals surface area contributed by atoms with E-state index in [0.29, 0.717) is 0 Å². The molecular weight excluding hydrogens is 196 g/mol. The van der Waals surface area contributed by atoms with Crippen LogP contribution in [0.25, 0.3) is 0 Å². The predicted octanol–water partition coefficient (Wildman–Crippen LogP) is 2.59. The first-order chi connectivity index (χ1) is 7.69. The van der Waals surface area contributed by atoms with Crippen LogP contribution in [-0.4, -0.2) is 48.1 Å². The number of fused-ring (bicyclic) bond motifs is 1. The largest absolute Gasteiger partial charge is 0.298 e. The van der Waals surface area contributed by atoms with E-state index in [1.54, 1.807) is 0 Å². The number of nitrogens with zero attached hydrogens (tertiary/aromatic N) is 2. The van der Waals surface area contributed by atoms with Crippen molar-refractivity contribution in [3.05, 3.63) is 0 Å². The van der Waals surface area contributed by atoms with E-state index in [4.69, 9.17) is 0 Å². The first kappa shape index (κ1) is 12.4. The number of hydrogen-bond acceptors (Lipinski definition) is 2. The average molecular weight is 224 g/mol. The van der Waals surface area contributed by atoms with Gasteiger partial charge in [0, 0.05) is 38.3 Å². The molecule has 0 bridgehead atoms. The van der Waals surface area contributed by atoms with Crippen LogP contribution in [0.1, 0.15) is 47.0 Å². The summed E-state index contributed by atoms with van der Waals surface area (Å²) >= 11 is 0. The summed E-state index contributed by atoms with van der Waals surface area (Å²) in [5, 5.41) is 0. The van der Waals surface area contributed by atoms with Crippen LogP contribution in [0.2, 0.25) is 0 Å². The lowest BCUT2D eigenvalue weighted by Gasteiger charge is -2.39. The topological polar surface area (TPSA) is 6.48 Å². The van der Waals surface area contributed by atoms with Crippen molar-refractivity contribution in [1.82, 2.24) is 9.80 Å². The molecule has 3 rings (SSSR count). The summed E-state index contributed by atoms with van der Waals surface area (Å²) in [5.41, 5.74) is 0.803. The van der Waals surface area contributed by atoms with E-state index in [-0.39, 0.29) is 0 Å². The van der Waals surface area contributed by atoms with Gasteiger partial charge in [-0.2, -0.15) is 0 Å². The van der Waals surface area contributed by atoms with Gasteiger partial charge in [0.1, 0.15) is 0 Å². The zero-order chi connectivity index (χ0) is 11.8. The van der Waals surface area contributed by atoms with Crippen molar-refractivity contribution in [1.29, 1.82) is 0 Å². The fourth-order valence-corrected chi connectivity index (χ4v) is 3.32. The van der Waals surface area contributed by atoms with Crippen molar-refractivity contribution >= 4 is 0 Å². The molecule has 1 unspecified atom stereocenters. The first-order valence-electron chi connectivity index (χ1n) is 7.17.